The molecule has 0 spiro atoms. The van der Waals surface area contributed by atoms with Crippen molar-refractivity contribution in [3.63, 3.8) is 0 Å². The lowest BCUT2D eigenvalue weighted by molar-refractivity contribution is -0.141. The molecule has 0 unspecified atom stereocenters. The van der Waals surface area contributed by atoms with E-state index in [4.69, 9.17) is 5.11 Å². The van der Waals surface area contributed by atoms with Gasteiger partial charge >= 0.3 is 5.97 Å². The van der Waals surface area contributed by atoms with Crippen LogP contribution in [-0.2, 0) is 19.8 Å². The zero-order valence-corrected chi connectivity index (χ0v) is 12.1. The number of rotatable bonds is 4. The second-order valence-electron chi connectivity index (χ2n) is 6.01. The van der Waals surface area contributed by atoms with Gasteiger partial charge in [-0.1, -0.05) is 36.8 Å². The summed E-state index contributed by atoms with van der Waals surface area (Å²) in [4.78, 5) is 36.1. The standard InChI is InChI=1S/C17H17NO4/c19-14-10-18(9-13(15(14)20)16(21)22)11-17(7-4-8-17)12-5-2-1-3-6-12/h1-3,5-6,9H,4,7-8,10-11H2,(H,21,22). The summed E-state index contributed by atoms with van der Waals surface area (Å²) in [5.74, 6) is -2.89. The van der Waals surface area contributed by atoms with Crippen LogP contribution in [0.4, 0.5) is 0 Å². The highest BCUT2D eigenvalue weighted by atomic mass is 16.4. The molecule has 1 N–H and O–H groups in total. The fourth-order valence-electron chi connectivity index (χ4n) is 3.27. The first-order valence-corrected chi connectivity index (χ1v) is 7.34. The first-order chi connectivity index (χ1) is 10.5. The Bertz CT molecular complexity index is 658. The molecule has 0 atom stereocenters. The predicted molar refractivity (Wildman–Crippen MR) is 79.3 cm³/mol. The first kappa shape index (κ1) is 14.5. The SMILES string of the molecule is O=C(O)C1=CN(CC2(c3ccccc3)CCC2)CC(=O)C1=O. The van der Waals surface area contributed by atoms with E-state index in [0.29, 0.717) is 6.54 Å². The van der Waals surface area contributed by atoms with E-state index in [9.17, 15) is 14.4 Å². The third-order valence-corrected chi connectivity index (χ3v) is 4.59. The third-order valence-electron chi connectivity index (χ3n) is 4.59. The quantitative estimate of drug-likeness (QED) is 0.674. The molecule has 0 radical (unpaired) electrons. The monoisotopic (exact) mass is 299 g/mol. The highest BCUT2D eigenvalue weighted by molar-refractivity contribution is 6.50. The second kappa shape index (κ2) is 5.40. The molecule has 1 fully saturated rings. The summed E-state index contributed by atoms with van der Waals surface area (Å²) in [5.41, 5.74) is 0.719. The van der Waals surface area contributed by atoms with Gasteiger partial charge in [0, 0.05) is 18.2 Å². The van der Waals surface area contributed by atoms with Crippen LogP contribution in [0.3, 0.4) is 0 Å². The molecular weight excluding hydrogens is 282 g/mol. The predicted octanol–water partition coefficient (Wildman–Crippen LogP) is 1.53. The van der Waals surface area contributed by atoms with E-state index in [1.54, 1.807) is 4.90 Å². The summed E-state index contributed by atoms with van der Waals surface area (Å²) in [6.45, 7) is 0.525. The van der Waals surface area contributed by atoms with Gasteiger partial charge in [-0.25, -0.2) is 4.79 Å². The number of hydrogen-bond donors (Lipinski definition) is 1. The smallest absolute Gasteiger partial charge is 0.341 e. The Labute approximate surface area is 128 Å². The summed E-state index contributed by atoms with van der Waals surface area (Å²) in [7, 11) is 0. The van der Waals surface area contributed by atoms with Crippen LogP contribution in [0.15, 0.2) is 42.1 Å². The van der Waals surface area contributed by atoms with Crippen LogP contribution in [0.25, 0.3) is 0 Å². The highest BCUT2D eigenvalue weighted by Crippen LogP contribution is 2.44. The Balaban J connectivity index is 1.87. The van der Waals surface area contributed by atoms with Crippen LogP contribution in [0.2, 0.25) is 0 Å². The number of carboxylic acid groups (broad SMARTS) is 1. The van der Waals surface area contributed by atoms with E-state index < -0.39 is 23.1 Å². The van der Waals surface area contributed by atoms with Crippen molar-refractivity contribution in [3.8, 4) is 0 Å². The number of carboxylic acids is 1. The second-order valence-corrected chi connectivity index (χ2v) is 6.01. The molecule has 1 aromatic carbocycles. The number of carbonyl (C=O) groups excluding carboxylic acids is 2. The maximum Gasteiger partial charge on any atom is 0.341 e. The van der Waals surface area contributed by atoms with E-state index in [2.05, 4.69) is 12.1 Å². The van der Waals surface area contributed by atoms with Crippen LogP contribution < -0.4 is 0 Å². The minimum absolute atomic E-state index is 0.0375. The van der Waals surface area contributed by atoms with Gasteiger partial charge in [0.15, 0.2) is 0 Å². The van der Waals surface area contributed by atoms with Crippen molar-refractivity contribution in [1.29, 1.82) is 0 Å². The molecule has 0 saturated heterocycles. The van der Waals surface area contributed by atoms with Crippen LogP contribution >= 0.6 is 0 Å². The van der Waals surface area contributed by atoms with Crippen LogP contribution in [0.1, 0.15) is 24.8 Å². The number of nitrogens with zero attached hydrogens (tertiary/aromatic N) is 1. The first-order valence-electron chi connectivity index (χ1n) is 7.34. The van der Waals surface area contributed by atoms with Gasteiger partial charge in [-0.2, -0.15) is 0 Å². The zero-order chi connectivity index (χ0) is 15.7. The van der Waals surface area contributed by atoms with Crippen molar-refractivity contribution in [2.45, 2.75) is 24.7 Å². The molecule has 0 amide bonds. The Kier molecular flexibility index (Phi) is 3.56. The summed E-state index contributed by atoms with van der Waals surface area (Å²) >= 11 is 0. The highest BCUT2D eigenvalue weighted by Gasteiger charge is 2.41. The number of aliphatic carboxylic acids is 1. The number of Topliss-reactive ketones (excluding diaryl/α,β-unsaturated/α-hetero) is 2. The Hall–Kier alpha value is -2.43. The largest absolute Gasteiger partial charge is 0.477 e. The van der Waals surface area contributed by atoms with Crippen molar-refractivity contribution >= 4 is 17.5 Å². The van der Waals surface area contributed by atoms with Gasteiger partial charge in [-0.15, -0.1) is 0 Å². The lowest BCUT2D eigenvalue weighted by Crippen LogP contribution is -2.48. The lowest BCUT2D eigenvalue weighted by Gasteiger charge is -2.45. The third kappa shape index (κ3) is 2.43. The maximum atomic E-state index is 11.8. The molecule has 2 aliphatic rings. The number of benzene rings is 1. The minimum Gasteiger partial charge on any atom is -0.477 e. The topological polar surface area (TPSA) is 74.7 Å². The molecule has 1 aliphatic heterocycles. The normalized spacial score (nSPS) is 20.4. The number of ketones is 2. The summed E-state index contributed by atoms with van der Waals surface area (Å²) in [6.07, 6.45) is 4.46. The van der Waals surface area contributed by atoms with Crippen LogP contribution in [0, 0.1) is 0 Å². The van der Waals surface area contributed by atoms with Crippen molar-refractivity contribution in [3.05, 3.63) is 47.7 Å². The summed E-state index contributed by atoms with van der Waals surface area (Å²) in [6, 6.07) is 10.1. The van der Waals surface area contributed by atoms with Crippen molar-refractivity contribution < 1.29 is 19.5 Å². The Morgan fingerprint density at radius 2 is 1.86 bits per heavy atom. The van der Waals surface area contributed by atoms with Gasteiger partial charge in [0.05, 0.1) is 6.54 Å². The molecular formula is C17H17NO4. The van der Waals surface area contributed by atoms with E-state index in [1.165, 1.54) is 11.8 Å². The van der Waals surface area contributed by atoms with E-state index in [0.717, 1.165) is 19.3 Å². The maximum absolute atomic E-state index is 11.8. The van der Waals surface area contributed by atoms with E-state index in [-0.39, 0.29) is 12.0 Å². The van der Waals surface area contributed by atoms with Crippen LogP contribution in [-0.4, -0.2) is 40.6 Å². The Morgan fingerprint density at radius 1 is 1.18 bits per heavy atom. The molecule has 5 heteroatoms. The molecule has 1 heterocycles. The molecule has 1 aliphatic carbocycles. The van der Waals surface area contributed by atoms with E-state index >= 15 is 0 Å². The molecule has 22 heavy (non-hydrogen) atoms. The molecule has 3 rings (SSSR count). The van der Waals surface area contributed by atoms with Gasteiger partial charge in [-0.3, -0.25) is 9.59 Å². The zero-order valence-electron chi connectivity index (χ0n) is 12.1. The molecule has 0 aromatic heterocycles. The number of carbonyl (C=O) groups is 3. The Morgan fingerprint density at radius 3 is 2.41 bits per heavy atom. The van der Waals surface area contributed by atoms with Crippen LogP contribution in [0.5, 0.6) is 0 Å². The summed E-state index contributed by atoms with van der Waals surface area (Å²) in [5, 5.41) is 9.06. The molecule has 1 saturated carbocycles. The fourth-order valence-corrected chi connectivity index (χ4v) is 3.27. The van der Waals surface area contributed by atoms with Gasteiger partial charge in [0.2, 0.25) is 11.6 Å². The molecule has 1 aromatic rings. The van der Waals surface area contributed by atoms with Gasteiger partial charge in [0.25, 0.3) is 0 Å². The minimum atomic E-state index is -1.34. The van der Waals surface area contributed by atoms with Crippen molar-refractivity contribution in [2.24, 2.45) is 0 Å². The molecule has 114 valence electrons. The summed E-state index contributed by atoms with van der Waals surface area (Å²) < 4.78 is 0. The van der Waals surface area contributed by atoms with Gasteiger partial charge in [0.1, 0.15) is 5.57 Å². The molecule has 0 bridgehead atoms. The van der Waals surface area contributed by atoms with E-state index in [1.807, 2.05) is 18.2 Å². The van der Waals surface area contributed by atoms with Gasteiger partial charge in [-0.05, 0) is 18.4 Å². The fraction of sp³-hybridized carbons (Fsp3) is 0.353. The lowest BCUT2D eigenvalue weighted by atomic mass is 9.64. The molecule has 5 nitrogen and oxygen atoms in total. The average Bonchev–Trinajstić information content (AvgIpc) is 2.47. The van der Waals surface area contributed by atoms with Crippen molar-refractivity contribution in [2.75, 3.05) is 13.1 Å². The van der Waals surface area contributed by atoms with Gasteiger partial charge < -0.3 is 10.0 Å². The van der Waals surface area contributed by atoms with Crippen molar-refractivity contribution in [1.82, 2.24) is 4.90 Å². The average molecular weight is 299 g/mol. The number of hydrogen-bond acceptors (Lipinski definition) is 4.